The number of nitrogens with zero attached hydrogens (tertiary/aromatic N) is 3. The SMILES string of the molecule is COc1cccc([C@H]2CCCN2Cc2cc(=O)n3c(C)cccc3n2)c1. The Morgan fingerprint density at radius 1 is 1.19 bits per heavy atom. The van der Waals surface area contributed by atoms with Gasteiger partial charge in [0.1, 0.15) is 11.4 Å². The van der Waals surface area contributed by atoms with Gasteiger partial charge in [0.25, 0.3) is 5.56 Å². The number of pyridine rings is 1. The van der Waals surface area contributed by atoms with Gasteiger partial charge in [-0.1, -0.05) is 18.2 Å². The zero-order valence-corrected chi connectivity index (χ0v) is 15.2. The quantitative estimate of drug-likeness (QED) is 0.725. The minimum Gasteiger partial charge on any atom is -0.497 e. The highest BCUT2D eigenvalue weighted by atomic mass is 16.5. The van der Waals surface area contributed by atoms with Crippen LogP contribution in [-0.2, 0) is 6.54 Å². The lowest BCUT2D eigenvalue weighted by molar-refractivity contribution is 0.245. The Labute approximate surface area is 152 Å². The Balaban J connectivity index is 1.64. The molecule has 4 rings (SSSR count). The van der Waals surface area contributed by atoms with Crippen molar-refractivity contribution in [3.63, 3.8) is 0 Å². The fourth-order valence-electron chi connectivity index (χ4n) is 3.89. The molecular weight excluding hydrogens is 326 g/mol. The molecule has 0 N–H and O–H groups in total. The molecule has 1 aliphatic rings. The Morgan fingerprint density at radius 2 is 2.04 bits per heavy atom. The van der Waals surface area contributed by atoms with E-state index in [-0.39, 0.29) is 5.56 Å². The van der Waals surface area contributed by atoms with Gasteiger partial charge in [0.2, 0.25) is 0 Å². The molecule has 1 saturated heterocycles. The Bertz CT molecular complexity index is 996. The van der Waals surface area contributed by atoms with Gasteiger partial charge in [-0.2, -0.15) is 0 Å². The number of likely N-dealkylation sites (tertiary alicyclic amines) is 1. The number of aryl methyl sites for hydroxylation is 1. The first kappa shape index (κ1) is 16.8. The monoisotopic (exact) mass is 349 g/mol. The van der Waals surface area contributed by atoms with E-state index < -0.39 is 0 Å². The molecule has 1 aliphatic heterocycles. The van der Waals surface area contributed by atoms with Crippen molar-refractivity contribution in [2.24, 2.45) is 0 Å². The van der Waals surface area contributed by atoms with Gasteiger partial charge in [-0.05, 0) is 56.1 Å². The third kappa shape index (κ3) is 3.10. The van der Waals surface area contributed by atoms with Crippen LogP contribution in [0.3, 0.4) is 0 Å². The lowest BCUT2D eigenvalue weighted by atomic mass is 10.0. The number of rotatable bonds is 4. The molecule has 1 fully saturated rings. The summed E-state index contributed by atoms with van der Waals surface area (Å²) in [5, 5.41) is 0. The van der Waals surface area contributed by atoms with Crippen LogP contribution in [0.2, 0.25) is 0 Å². The molecule has 2 aromatic heterocycles. The van der Waals surface area contributed by atoms with E-state index in [4.69, 9.17) is 9.72 Å². The summed E-state index contributed by atoms with van der Waals surface area (Å²) in [6, 6.07) is 16.0. The second-order valence-corrected chi connectivity index (χ2v) is 6.85. The first-order valence-corrected chi connectivity index (χ1v) is 9.02. The van der Waals surface area contributed by atoms with Gasteiger partial charge >= 0.3 is 0 Å². The lowest BCUT2D eigenvalue weighted by Crippen LogP contribution is -2.25. The summed E-state index contributed by atoms with van der Waals surface area (Å²) in [5.74, 6) is 0.881. The summed E-state index contributed by atoms with van der Waals surface area (Å²) in [4.78, 5) is 19.6. The maximum absolute atomic E-state index is 12.5. The standard InChI is InChI=1S/C21H23N3O2/c1-15-6-3-10-20-22-17(13-21(25)24(15)20)14-23-11-5-9-19(23)16-7-4-8-18(12-16)26-2/h3-4,6-8,10,12-13,19H,5,9,11,14H2,1-2H3/t19-/m1/s1. The maximum atomic E-state index is 12.5. The summed E-state index contributed by atoms with van der Waals surface area (Å²) < 4.78 is 7.03. The molecule has 0 saturated carbocycles. The lowest BCUT2D eigenvalue weighted by Gasteiger charge is -2.25. The second kappa shape index (κ2) is 6.92. The highest BCUT2D eigenvalue weighted by Crippen LogP contribution is 2.34. The van der Waals surface area contributed by atoms with E-state index in [1.54, 1.807) is 17.6 Å². The molecule has 0 radical (unpaired) electrons. The van der Waals surface area contributed by atoms with Gasteiger partial charge in [0, 0.05) is 24.3 Å². The first-order chi connectivity index (χ1) is 12.7. The Kier molecular flexibility index (Phi) is 4.47. The van der Waals surface area contributed by atoms with Crippen LogP contribution >= 0.6 is 0 Å². The van der Waals surface area contributed by atoms with Crippen molar-refractivity contribution in [3.8, 4) is 5.75 Å². The molecule has 1 aromatic carbocycles. The molecule has 3 aromatic rings. The third-order valence-electron chi connectivity index (χ3n) is 5.14. The largest absolute Gasteiger partial charge is 0.497 e. The summed E-state index contributed by atoms with van der Waals surface area (Å²) in [6.07, 6.45) is 2.26. The minimum absolute atomic E-state index is 0.0137. The maximum Gasteiger partial charge on any atom is 0.258 e. The molecule has 3 heterocycles. The van der Waals surface area contributed by atoms with Crippen LogP contribution < -0.4 is 10.3 Å². The highest BCUT2D eigenvalue weighted by Gasteiger charge is 2.26. The van der Waals surface area contributed by atoms with E-state index in [2.05, 4.69) is 17.0 Å². The first-order valence-electron chi connectivity index (χ1n) is 9.02. The van der Waals surface area contributed by atoms with Gasteiger partial charge in [0.15, 0.2) is 0 Å². The van der Waals surface area contributed by atoms with Crippen LogP contribution in [0.4, 0.5) is 0 Å². The molecule has 1 atom stereocenters. The Hall–Kier alpha value is -2.66. The molecule has 0 amide bonds. The number of ether oxygens (including phenoxy) is 1. The smallest absolute Gasteiger partial charge is 0.258 e. The summed E-state index contributed by atoms with van der Waals surface area (Å²) in [5.41, 5.74) is 3.69. The molecule has 0 spiro atoms. The van der Waals surface area contributed by atoms with Crippen molar-refractivity contribution in [3.05, 3.63) is 75.8 Å². The van der Waals surface area contributed by atoms with E-state index in [9.17, 15) is 4.79 Å². The van der Waals surface area contributed by atoms with Crippen molar-refractivity contribution in [1.82, 2.24) is 14.3 Å². The van der Waals surface area contributed by atoms with Crippen LogP contribution in [0.15, 0.2) is 53.3 Å². The normalized spacial score (nSPS) is 17.7. The molecule has 0 bridgehead atoms. The number of aromatic nitrogens is 2. The molecule has 134 valence electrons. The average molecular weight is 349 g/mol. The fourth-order valence-corrected chi connectivity index (χ4v) is 3.89. The van der Waals surface area contributed by atoms with Crippen molar-refractivity contribution >= 4 is 5.65 Å². The number of benzene rings is 1. The molecule has 5 nitrogen and oxygen atoms in total. The molecule has 0 unspecified atom stereocenters. The van der Waals surface area contributed by atoms with Crippen LogP contribution in [0, 0.1) is 6.92 Å². The van der Waals surface area contributed by atoms with Crippen LogP contribution in [0.25, 0.3) is 5.65 Å². The van der Waals surface area contributed by atoms with Crippen molar-refractivity contribution in [2.75, 3.05) is 13.7 Å². The van der Waals surface area contributed by atoms with E-state index >= 15 is 0 Å². The van der Waals surface area contributed by atoms with E-state index in [1.165, 1.54) is 5.56 Å². The third-order valence-corrected chi connectivity index (χ3v) is 5.14. The van der Waals surface area contributed by atoms with Gasteiger partial charge in [-0.25, -0.2) is 4.98 Å². The topological polar surface area (TPSA) is 46.8 Å². The van der Waals surface area contributed by atoms with E-state index in [1.807, 2.05) is 37.3 Å². The number of fused-ring (bicyclic) bond motifs is 1. The summed E-state index contributed by atoms with van der Waals surface area (Å²) in [6.45, 7) is 3.62. The summed E-state index contributed by atoms with van der Waals surface area (Å²) >= 11 is 0. The van der Waals surface area contributed by atoms with Crippen LogP contribution in [0.5, 0.6) is 5.75 Å². The van der Waals surface area contributed by atoms with Gasteiger partial charge in [-0.3, -0.25) is 14.1 Å². The minimum atomic E-state index is -0.0137. The molecule has 26 heavy (non-hydrogen) atoms. The molecule has 5 heteroatoms. The predicted molar refractivity (Wildman–Crippen MR) is 102 cm³/mol. The Morgan fingerprint density at radius 3 is 2.88 bits per heavy atom. The second-order valence-electron chi connectivity index (χ2n) is 6.85. The fraction of sp³-hybridized carbons (Fsp3) is 0.333. The van der Waals surface area contributed by atoms with E-state index in [0.717, 1.165) is 36.5 Å². The molecular formula is C21H23N3O2. The highest BCUT2D eigenvalue weighted by molar-refractivity contribution is 5.40. The zero-order valence-electron chi connectivity index (χ0n) is 15.2. The number of hydrogen-bond donors (Lipinski definition) is 0. The average Bonchev–Trinajstić information content (AvgIpc) is 3.09. The van der Waals surface area contributed by atoms with E-state index in [0.29, 0.717) is 18.2 Å². The van der Waals surface area contributed by atoms with Gasteiger partial charge in [0.05, 0.1) is 12.8 Å². The van der Waals surface area contributed by atoms with Gasteiger partial charge in [-0.15, -0.1) is 0 Å². The molecule has 0 aliphatic carbocycles. The predicted octanol–water partition coefficient (Wildman–Crippen LogP) is 3.35. The van der Waals surface area contributed by atoms with Crippen LogP contribution in [0.1, 0.15) is 35.8 Å². The number of methoxy groups -OCH3 is 1. The van der Waals surface area contributed by atoms with Crippen molar-refractivity contribution in [2.45, 2.75) is 32.4 Å². The van der Waals surface area contributed by atoms with Crippen LogP contribution in [-0.4, -0.2) is 27.9 Å². The van der Waals surface area contributed by atoms with Crippen molar-refractivity contribution < 1.29 is 4.74 Å². The summed E-state index contributed by atoms with van der Waals surface area (Å²) in [7, 11) is 1.69. The van der Waals surface area contributed by atoms with Gasteiger partial charge < -0.3 is 4.74 Å². The number of hydrogen-bond acceptors (Lipinski definition) is 4. The van der Waals surface area contributed by atoms with Crippen molar-refractivity contribution in [1.29, 1.82) is 0 Å². The zero-order chi connectivity index (χ0) is 18.1.